The van der Waals surface area contributed by atoms with Crippen LogP contribution in [0.25, 0.3) is 0 Å². The number of carboxylic acid groups (broad SMARTS) is 1. The van der Waals surface area contributed by atoms with Gasteiger partial charge in [0.05, 0.1) is 19.0 Å². The number of ketones is 2. The van der Waals surface area contributed by atoms with Gasteiger partial charge in [0.25, 0.3) is 0 Å². The number of rotatable bonds is 7. The number of aliphatic carboxylic acids is 1. The zero-order chi connectivity index (χ0) is 11.1. The van der Waals surface area contributed by atoms with Crippen molar-refractivity contribution in [1.82, 2.24) is 0 Å². The van der Waals surface area contributed by atoms with Crippen LogP contribution < -0.4 is 11.5 Å². The van der Waals surface area contributed by atoms with Gasteiger partial charge in [-0.3, -0.25) is 14.4 Å². The highest BCUT2D eigenvalue weighted by molar-refractivity contribution is 5.89. The van der Waals surface area contributed by atoms with E-state index in [2.05, 4.69) is 0 Å². The van der Waals surface area contributed by atoms with E-state index in [0.717, 1.165) is 0 Å². The summed E-state index contributed by atoms with van der Waals surface area (Å²) in [6, 6.07) is 0. The summed E-state index contributed by atoms with van der Waals surface area (Å²) >= 11 is 0. The number of carbonyl (C=O) groups excluding carboxylic acids is 2. The zero-order valence-corrected chi connectivity index (χ0v) is 7.73. The third-order valence-corrected chi connectivity index (χ3v) is 1.75. The van der Waals surface area contributed by atoms with Gasteiger partial charge < -0.3 is 16.6 Å². The quantitative estimate of drug-likeness (QED) is 0.462. The Morgan fingerprint density at radius 2 is 1.36 bits per heavy atom. The molecule has 0 spiro atoms. The van der Waals surface area contributed by atoms with Crippen LogP contribution in [0.2, 0.25) is 0 Å². The van der Waals surface area contributed by atoms with Crippen LogP contribution in [0.1, 0.15) is 12.8 Å². The van der Waals surface area contributed by atoms with Crippen LogP contribution in [0.3, 0.4) is 0 Å². The van der Waals surface area contributed by atoms with E-state index in [0.29, 0.717) is 0 Å². The van der Waals surface area contributed by atoms with Gasteiger partial charge >= 0.3 is 5.97 Å². The molecule has 0 fully saturated rings. The maximum atomic E-state index is 10.9. The lowest BCUT2D eigenvalue weighted by molar-refractivity contribution is -0.145. The molecule has 0 bridgehead atoms. The topological polar surface area (TPSA) is 123 Å². The van der Waals surface area contributed by atoms with Gasteiger partial charge in [-0.1, -0.05) is 0 Å². The van der Waals surface area contributed by atoms with E-state index in [-0.39, 0.29) is 37.5 Å². The lowest BCUT2D eigenvalue weighted by Crippen LogP contribution is -2.27. The maximum absolute atomic E-state index is 10.9. The van der Waals surface area contributed by atoms with E-state index in [1.165, 1.54) is 0 Å². The summed E-state index contributed by atoms with van der Waals surface area (Å²) in [6.07, 6.45) is -0.421. The van der Waals surface area contributed by atoms with Gasteiger partial charge in [-0.15, -0.1) is 0 Å². The molecule has 0 atom stereocenters. The molecule has 0 aliphatic rings. The van der Waals surface area contributed by atoms with E-state index < -0.39 is 11.9 Å². The van der Waals surface area contributed by atoms with E-state index >= 15 is 0 Å². The molecule has 6 nitrogen and oxygen atoms in total. The molecule has 0 aromatic heterocycles. The molecule has 0 saturated carbocycles. The number of hydrogen-bond acceptors (Lipinski definition) is 5. The minimum atomic E-state index is -1.17. The summed E-state index contributed by atoms with van der Waals surface area (Å²) < 4.78 is 0. The van der Waals surface area contributed by atoms with Crippen LogP contribution in [0, 0.1) is 5.92 Å². The molecule has 0 aromatic rings. The highest BCUT2D eigenvalue weighted by Crippen LogP contribution is 2.09. The maximum Gasteiger partial charge on any atom is 0.307 e. The second-order valence-corrected chi connectivity index (χ2v) is 2.93. The molecular weight excluding hydrogens is 188 g/mol. The summed E-state index contributed by atoms with van der Waals surface area (Å²) in [4.78, 5) is 32.3. The molecule has 0 saturated heterocycles. The molecule has 5 N–H and O–H groups in total. The fourth-order valence-corrected chi connectivity index (χ4v) is 0.963. The highest BCUT2D eigenvalue weighted by Gasteiger charge is 2.22. The lowest BCUT2D eigenvalue weighted by atomic mass is 9.96. The van der Waals surface area contributed by atoms with E-state index in [1.54, 1.807) is 0 Å². The van der Waals surface area contributed by atoms with Crippen molar-refractivity contribution in [1.29, 1.82) is 0 Å². The predicted octanol–water partition coefficient (Wildman–Crippen LogP) is -1.48. The largest absolute Gasteiger partial charge is 0.481 e. The molecule has 0 radical (unpaired) electrons. The Bertz CT molecular complexity index is 221. The third-order valence-electron chi connectivity index (χ3n) is 1.75. The van der Waals surface area contributed by atoms with E-state index in [1.807, 2.05) is 0 Å². The number of nitrogens with two attached hydrogens (primary N) is 2. The molecule has 14 heavy (non-hydrogen) atoms. The predicted molar refractivity (Wildman–Crippen MR) is 48.5 cm³/mol. The molecule has 0 rings (SSSR count). The van der Waals surface area contributed by atoms with Crippen LogP contribution in [0.15, 0.2) is 0 Å². The summed E-state index contributed by atoms with van der Waals surface area (Å²) in [5.74, 6) is -2.92. The van der Waals surface area contributed by atoms with Gasteiger partial charge in [0.2, 0.25) is 0 Å². The SMILES string of the molecule is NCC(=O)CC(CC(=O)CN)C(=O)O. The van der Waals surface area contributed by atoms with Crippen molar-refractivity contribution >= 4 is 17.5 Å². The van der Waals surface area contributed by atoms with Crippen LogP contribution in [0.5, 0.6) is 0 Å². The summed E-state index contributed by atoms with van der Waals surface area (Å²) in [5.41, 5.74) is 10.1. The number of hydrogen-bond donors (Lipinski definition) is 3. The van der Waals surface area contributed by atoms with E-state index in [4.69, 9.17) is 16.6 Å². The molecule has 80 valence electrons. The number of carbonyl (C=O) groups is 3. The Kier molecular flexibility index (Phi) is 5.66. The van der Waals surface area contributed by atoms with Gasteiger partial charge in [-0.05, 0) is 0 Å². The Morgan fingerprint density at radius 1 is 1.00 bits per heavy atom. The molecular formula is C8H14N2O4. The summed E-state index contributed by atoms with van der Waals surface area (Å²) in [5, 5.41) is 8.68. The monoisotopic (exact) mass is 202 g/mol. The first kappa shape index (κ1) is 12.7. The summed E-state index contributed by atoms with van der Waals surface area (Å²) in [7, 11) is 0. The van der Waals surface area contributed by atoms with Crippen molar-refractivity contribution < 1.29 is 19.5 Å². The molecule has 0 aromatic carbocycles. The van der Waals surface area contributed by atoms with Gasteiger partial charge in [0.1, 0.15) is 11.6 Å². The minimum Gasteiger partial charge on any atom is -0.481 e. The van der Waals surface area contributed by atoms with Gasteiger partial charge in [0.15, 0.2) is 0 Å². The second-order valence-electron chi connectivity index (χ2n) is 2.93. The molecule has 6 heteroatoms. The standard InChI is InChI=1S/C8H14N2O4/c9-3-6(11)1-5(8(13)14)2-7(12)4-10/h5H,1-4,9-10H2,(H,13,14). The van der Waals surface area contributed by atoms with Crippen LogP contribution in [-0.2, 0) is 14.4 Å². The first-order valence-corrected chi connectivity index (χ1v) is 4.17. The fraction of sp³-hybridized carbons (Fsp3) is 0.625. The Balaban J connectivity index is 4.23. The average molecular weight is 202 g/mol. The first-order valence-electron chi connectivity index (χ1n) is 4.17. The molecule has 0 unspecified atom stereocenters. The van der Waals surface area contributed by atoms with Gasteiger partial charge in [-0.2, -0.15) is 0 Å². The molecule has 0 amide bonds. The molecule has 0 heterocycles. The Labute approximate surface area is 81.3 Å². The van der Waals surface area contributed by atoms with Gasteiger partial charge in [0, 0.05) is 12.8 Å². The van der Waals surface area contributed by atoms with Crippen molar-refractivity contribution in [3.63, 3.8) is 0 Å². The van der Waals surface area contributed by atoms with Crippen molar-refractivity contribution in [2.75, 3.05) is 13.1 Å². The lowest BCUT2D eigenvalue weighted by Gasteiger charge is -2.08. The average Bonchev–Trinajstić information content (AvgIpc) is 2.16. The van der Waals surface area contributed by atoms with Gasteiger partial charge in [-0.25, -0.2) is 0 Å². The summed E-state index contributed by atoms with van der Waals surface area (Å²) in [6.45, 7) is -0.415. The minimum absolute atomic E-state index is 0.208. The van der Waals surface area contributed by atoms with Crippen molar-refractivity contribution in [2.45, 2.75) is 12.8 Å². The number of Topliss-reactive ketones (excluding diaryl/α,β-unsaturated/α-hetero) is 2. The third kappa shape index (κ3) is 4.68. The Hall–Kier alpha value is -1.27. The first-order chi connectivity index (χ1) is 6.51. The number of carboxylic acids is 1. The van der Waals surface area contributed by atoms with Crippen LogP contribution in [0.4, 0.5) is 0 Å². The smallest absolute Gasteiger partial charge is 0.307 e. The molecule has 0 aliphatic carbocycles. The van der Waals surface area contributed by atoms with Crippen LogP contribution >= 0.6 is 0 Å². The van der Waals surface area contributed by atoms with Crippen molar-refractivity contribution in [3.05, 3.63) is 0 Å². The van der Waals surface area contributed by atoms with Crippen molar-refractivity contribution in [3.8, 4) is 0 Å². The molecule has 0 aliphatic heterocycles. The normalized spacial score (nSPS) is 10.2. The van der Waals surface area contributed by atoms with E-state index in [9.17, 15) is 14.4 Å². The Morgan fingerprint density at radius 3 is 1.57 bits per heavy atom. The van der Waals surface area contributed by atoms with Crippen LogP contribution in [-0.4, -0.2) is 35.7 Å². The second kappa shape index (κ2) is 6.22. The fourth-order valence-electron chi connectivity index (χ4n) is 0.963. The van der Waals surface area contributed by atoms with Crippen molar-refractivity contribution in [2.24, 2.45) is 17.4 Å². The zero-order valence-electron chi connectivity index (χ0n) is 7.73. The highest BCUT2D eigenvalue weighted by atomic mass is 16.4.